The Bertz CT molecular complexity index is 1080. The molecule has 1 N–H and O–H groups in total. The normalized spacial score (nSPS) is 10.9. The maximum absolute atomic E-state index is 12.2. The average Bonchev–Trinajstić information content (AvgIpc) is 3.00. The monoisotopic (exact) mass is 389 g/mol. The Hall–Kier alpha value is -3.67. The zero-order chi connectivity index (χ0) is 21.0. The lowest BCUT2D eigenvalue weighted by atomic mass is 10.1. The van der Waals surface area contributed by atoms with Crippen LogP contribution in [0.2, 0.25) is 0 Å². The number of carbonyl (C=O) groups excluding carboxylic acids is 2. The molecular formula is C23H23N3O3. The van der Waals surface area contributed by atoms with Crippen molar-refractivity contribution in [2.75, 3.05) is 7.11 Å². The maximum Gasteiger partial charge on any atom is 0.337 e. The Morgan fingerprint density at radius 1 is 1.00 bits per heavy atom. The highest BCUT2D eigenvalue weighted by molar-refractivity contribution is 5.95. The average molecular weight is 389 g/mol. The zero-order valence-electron chi connectivity index (χ0n) is 16.9. The van der Waals surface area contributed by atoms with Crippen LogP contribution in [0.25, 0.3) is 5.69 Å². The lowest BCUT2D eigenvalue weighted by molar-refractivity contribution is 0.0600. The topological polar surface area (TPSA) is 72.7 Å². The molecule has 0 saturated heterocycles. The number of methoxy groups -OCH3 is 1. The van der Waals surface area contributed by atoms with Gasteiger partial charge in [-0.25, -0.2) is 10.2 Å². The van der Waals surface area contributed by atoms with E-state index in [1.54, 1.807) is 24.4 Å². The Balaban J connectivity index is 1.78. The minimum Gasteiger partial charge on any atom is -0.465 e. The lowest BCUT2D eigenvalue weighted by Crippen LogP contribution is -2.17. The summed E-state index contributed by atoms with van der Waals surface area (Å²) in [5.74, 6) is -0.619. The highest BCUT2D eigenvalue weighted by Crippen LogP contribution is 2.20. The second kappa shape index (κ2) is 8.56. The van der Waals surface area contributed by atoms with Crippen LogP contribution >= 0.6 is 0 Å². The van der Waals surface area contributed by atoms with E-state index < -0.39 is 0 Å². The number of hydrazone groups is 1. The van der Waals surface area contributed by atoms with Gasteiger partial charge in [0, 0.05) is 28.2 Å². The number of nitrogens with one attached hydrogen (secondary N) is 1. The van der Waals surface area contributed by atoms with E-state index in [9.17, 15) is 9.59 Å². The van der Waals surface area contributed by atoms with E-state index in [2.05, 4.69) is 15.1 Å². The van der Waals surface area contributed by atoms with Crippen molar-refractivity contribution in [1.29, 1.82) is 0 Å². The zero-order valence-corrected chi connectivity index (χ0v) is 16.9. The second-order valence-corrected chi connectivity index (χ2v) is 6.77. The molecule has 0 atom stereocenters. The molecule has 148 valence electrons. The van der Waals surface area contributed by atoms with E-state index in [4.69, 9.17) is 4.74 Å². The van der Waals surface area contributed by atoms with E-state index in [0.717, 1.165) is 28.2 Å². The quantitative estimate of drug-likeness (QED) is 0.408. The van der Waals surface area contributed by atoms with Gasteiger partial charge >= 0.3 is 5.97 Å². The molecule has 6 nitrogen and oxygen atoms in total. The van der Waals surface area contributed by atoms with Crippen LogP contribution in [0.1, 0.15) is 43.2 Å². The Morgan fingerprint density at radius 3 is 2.38 bits per heavy atom. The summed E-state index contributed by atoms with van der Waals surface area (Å²) in [4.78, 5) is 23.8. The van der Waals surface area contributed by atoms with Crippen LogP contribution in [0.5, 0.6) is 0 Å². The Labute approximate surface area is 169 Å². The predicted molar refractivity (Wildman–Crippen MR) is 113 cm³/mol. The molecule has 0 spiro atoms. The van der Waals surface area contributed by atoms with Crippen molar-refractivity contribution in [2.45, 2.75) is 20.8 Å². The van der Waals surface area contributed by atoms with Crippen LogP contribution in [-0.2, 0) is 4.74 Å². The van der Waals surface area contributed by atoms with Gasteiger partial charge in [-0.1, -0.05) is 17.7 Å². The molecule has 0 aliphatic rings. The van der Waals surface area contributed by atoms with Crippen molar-refractivity contribution in [3.63, 3.8) is 0 Å². The summed E-state index contributed by atoms with van der Waals surface area (Å²) in [5, 5.41) is 4.11. The third-order valence-electron chi connectivity index (χ3n) is 4.67. The van der Waals surface area contributed by atoms with Crippen molar-refractivity contribution in [2.24, 2.45) is 5.10 Å². The van der Waals surface area contributed by atoms with Crippen molar-refractivity contribution in [1.82, 2.24) is 9.99 Å². The van der Waals surface area contributed by atoms with Crippen molar-refractivity contribution in [3.05, 3.63) is 88.2 Å². The molecule has 0 unspecified atom stereocenters. The second-order valence-electron chi connectivity index (χ2n) is 6.77. The van der Waals surface area contributed by atoms with Gasteiger partial charge in [0.05, 0.1) is 18.9 Å². The standard InChI is InChI=1S/C23H23N3O3/c1-15-6-5-7-19(12-15)22(27)25-24-14-20-13-16(2)26(17(20)3)21-10-8-18(9-11-21)23(28)29-4/h5-14H,1-4H3,(H,25,27)/b24-14-. The maximum atomic E-state index is 12.2. The van der Waals surface area contributed by atoms with Crippen molar-refractivity contribution in [3.8, 4) is 5.69 Å². The Kier molecular flexibility index (Phi) is 5.93. The number of carbonyl (C=O) groups is 2. The summed E-state index contributed by atoms with van der Waals surface area (Å²) in [5.41, 5.74) is 8.46. The van der Waals surface area contributed by atoms with E-state index in [1.165, 1.54) is 7.11 Å². The molecule has 0 aliphatic heterocycles. The van der Waals surface area contributed by atoms with Crippen LogP contribution in [0.3, 0.4) is 0 Å². The first-order chi connectivity index (χ1) is 13.9. The van der Waals surface area contributed by atoms with Crippen LogP contribution in [0.4, 0.5) is 0 Å². The van der Waals surface area contributed by atoms with Gasteiger partial charge < -0.3 is 9.30 Å². The van der Waals surface area contributed by atoms with E-state index in [-0.39, 0.29) is 11.9 Å². The fourth-order valence-electron chi connectivity index (χ4n) is 3.19. The molecule has 0 bridgehead atoms. The summed E-state index contributed by atoms with van der Waals surface area (Å²) < 4.78 is 6.80. The van der Waals surface area contributed by atoms with Gasteiger partial charge in [0.2, 0.25) is 0 Å². The number of esters is 1. The third-order valence-corrected chi connectivity index (χ3v) is 4.67. The predicted octanol–water partition coefficient (Wildman–Crippen LogP) is 3.95. The molecule has 0 aliphatic carbocycles. The highest BCUT2D eigenvalue weighted by Gasteiger charge is 2.11. The highest BCUT2D eigenvalue weighted by atomic mass is 16.5. The molecule has 1 amide bonds. The molecule has 0 saturated carbocycles. The van der Waals surface area contributed by atoms with Gasteiger partial charge in [0.1, 0.15) is 0 Å². The fraction of sp³-hybridized carbons (Fsp3) is 0.174. The van der Waals surface area contributed by atoms with Crippen LogP contribution in [0, 0.1) is 20.8 Å². The first-order valence-corrected chi connectivity index (χ1v) is 9.18. The number of aromatic nitrogens is 1. The largest absolute Gasteiger partial charge is 0.465 e. The number of ether oxygens (including phenoxy) is 1. The number of aryl methyl sites for hydroxylation is 2. The third kappa shape index (κ3) is 4.43. The van der Waals surface area contributed by atoms with Gasteiger partial charge in [-0.05, 0) is 63.2 Å². The smallest absolute Gasteiger partial charge is 0.337 e. The van der Waals surface area contributed by atoms with Gasteiger partial charge in [0.15, 0.2) is 0 Å². The molecule has 0 fully saturated rings. The lowest BCUT2D eigenvalue weighted by Gasteiger charge is -2.10. The number of nitrogens with zero attached hydrogens (tertiary/aromatic N) is 2. The molecule has 29 heavy (non-hydrogen) atoms. The minimum absolute atomic E-state index is 0.253. The van der Waals surface area contributed by atoms with Crippen LogP contribution < -0.4 is 5.43 Å². The molecule has 3 rings (SSSR count). The minimum atomic E-state index is -0.366. The van der Waals surface area contributed by atoms with Crippen LogP contribution in [-0.4, -0.2) is 29.8 Å². The summed E-state index contributed by atoms with van der Waals surface area (Å²) >= 11 is 0. The molecule has 1 aromatic heterocycles. The van der Waals surface area contributed by atoms with Gasteiger partial charge in [0.25, 0.3) is 5.91 Å². The summed E-state index contributed by atoms with van der Waals surface area (Å²) in [6.07, 6.45) is 1.63. The van der Waals surface area contributed by atoms with Gasteiger partial charge in [-0.3, -0.25) is 4.79 Å². The molecule has 2 aromatic carbocycles. The first kappa shape index (κ1) is 20.1. The summed E-state index contributed by atoms with van der Waals surface area (Å²) in [6, 6.07) is 16.5. The van der Waals surface area contributed by atoms with Crippen LogP contribution in [0.15, 0.2) is 59.7 Å². The number of benzene rings is 2. The van der Waals surface area contributed by atoms with Gasteiger partial charge in [-0.15, -0.1) is 0 Å². The number of hydrogen-bond donors (Lipinski definition) is 1. The number of amides is 1. The van der Waals surface area contributed by atoms with Crippen molar-refractivity contribution >= 4 is 18.1 Å². The van der Waals surface area contributed by atoms with E-state index in [0.29, 0.717) is 11.1 Å². The van der Waals surface area contributed by atoms with Crippen molar-refractivity contribution < 1.29 is 14.3 Å². The molecular weight excluding hydrogens is 366 g/mol. The van der Waals surface area contributed by atoms with Gasteiger partial charge in [-0.2, -0.15) is 5.10 Å². The molecule has 0 radical (unpaired) electrons. The molecule has 1 heterocycles. The fourth-order valence-corrected chi connectivity index (χ4v) is 3.19. The molecule has 3 aromatic rings. The summed E-state index contributed by atoms with van der Waals surface area (Å²) in [6.45, 7) is 5.90. The van der Waals surface area contributed by atoms with E-state index >= 15 is 0 Å². The first-order valence-electron chi connectivity index (χ1n) is 9.18. The number of rotatable bonds is 5. The Morgan fingerprint density at radius 2 is 1.72 bits per heavy atom. The summed E-state index contributed by atoms with van der Waals surface area (Å²) in [7, 11) is 1.36. The van der Waals surface area contributed by atoms with E-state index in [1.807, 2.05) is 57.2 Å². The SMILES string of the molecule is COC(=O)c1ccc(-n2c(C)cc(/C=N\NC(=O)c3cccc(C)c3)c2C)cc1. The molecule has 6 heteroatoms. The number of hydrogen-bond acceptors (Lipinski definition) is 4.